The van der Waals surface area contributed by atoms with Gasteiger partial charge in [-0.1, -0.05) is 0 Å². The maximum atomic E-state index is 2.15. The van der Waals surface area contributed by atoms with E-state index in [1.165, 1.54) is 5.84 Å². The molecule has 0 fully saturated rings. The van der Waals surface area contributed by atoms with Gasteiger partial charge in [0.05, 0.1) is 33.9 Å². The van der Waals surface area contributed by atoms with Gasteiger partial charge in [0.15, 0.2) is 0 Å². The van der Waals surface area contributed by atoms with E-state index in [1.807, 2.05) is 11.8 Å². The lowest BCUT2D eigenvalue weighted by atomic mass is 10.6. The van der Waals surface area contributed by atoms with Gasteiger partial charge in [-0.25, -0.2) is 0 Å². The average molecular weight is 161 g/mol. The third kappa shape index (κ3) is 3.11. The molecule has 0 spiro atoms. The van der Waals surface area contributed by atoms with Crippen molar-refractivity contribution in [3.05, 3.63) is 0 Å². The van der Waals surface area contributed by atoms with Crippen molar-refractivity contribution in [1.82, 2.24) is 4.90 Å². The van der Waals surface area contributed by atoms with Crippen molar-refractivity contribution in [1.29, 1.82) is 0 Å². The van der Waals surface area contributed by atoms with Crippen LogP contribution in [0.4, 0.5) is 0 Å². The summed E-state index contributed by atoms with van der Waals surface area (Å²) in [7, 11) is 8.30. The summed E-state index contributed by atoms with van der Waals surface area (Å²) >= 11 is 1.85. The Labute approximate surface area is 67.9 Å². The zero-order valence-corrected chi connectivity index (χ0v) is 8.33. The molecule has 0 bridgehead atoms. The van der Waals surface area contributed by atoms with Gasteiger partial charge in [0, 0.05) is 0 Å². The molecule has 0 aliphatic heterocycles. The fourth-order valence-electron chi connectivity index (χ4n) is 0.787. The van der Waals surface area contributed by atoms with Gasteiger partial charge >= 0.3 is 0 Å². The highest BCUT2D eigenvalue weighted by molar-refractivity contribution is 7.99. The summed E-state index contributed by atoms with van der Waals surface area (Å²) in [6.45, 7) is 0. The fourth-order valence-corrected chi connectivity index (χ4v) is 1.56. The summed E-state index contributed by atoms with van der Waals surface area (Å²) in [5.74, 6) is 2.44. The summed E-state index contributed by atoms with van der Waals surface area (Å²) in [4.78, 5) is 2.15. The first-order chi connectivity index (χ1) is 4.59. The Morgan fingerprint density at radius 2 is 1.90 bits per heavy atom. The van der Waals surface area contributed by atoms with Gasteiger partial charge in [0.2, 0.25) is 0 Å². The molecular weight excluding hydrogens is 144 g/mol. The van der Waals surface area contributed by atoms with E-state index in [2.05, 4.69) is 43.9 Å². The smallest absolute Gasteiger partial charge is 0.256 e. The lowest BCUT2D eigenvalue weighted by Crippen LogP contribution is -2.31. The quantitative estimate of drug-likeness (QED) is 0.332. The normalized spacial score (nSPS) is 9.30. The van der Waals surface area contributed by atoms with Gasteiger partial charge < -0.3 is 0 Å². The zero-order chi connectivity index (χ0) is 8.15. The molecule has 0 aliphatic rings. The number of hydrogen-bond donors (Lipinski definition) is 0. The second-order valence-electron chi connectivity index (χ2n) is 2.64. The molecule has 0 amide bonds. The van der Waals surface area contributed by atoms with Crippen LogP contribution in [-0.2, 0) is 0 Å². The third-order valence-electron chi connectivity index (χ3n) is 1.31. The van der Waals surface area contributed by atoms with E-state index >= 15 is 0 Å². The Morgan fingerprint density at radius 3 is 2.00 bits per heavy atom. The van der Waals surface area contributed by atoms with Crippen LogP contribution in [0.5, 0.6) is 0 Å². The van der Waals surface area contributed by atoms with E-state index in [0.717, 1.165) is 5.75 Å². The largest absolute Gasteiger partial charge is 0.270 e. The van der Waals surface area contributed by atoms with Crippen LogP contribution in [0.15, 0.2) is 0 Å². The zero-order valence-electron chi connectivity index (χ0n) is 7.51. The average Bonchev–Trinajstić information content (AvgIpc) is 1.81. The molecule has 0 heterocycles. The second-order valence-corrected chi connectivity index (χ2v) is 3.50. The van der Waals surface area contributed by atoms with Crippen molar-refractivity contribution < 1.29 is 4.58 Å². The van der Waals surface area contributed by atoms with E-state index in [-0.39, 0.29) is 0 Å². The van der Waals surface area contributed by atoms with E-state index in [1.54, 1.807) is 0 Å². The van der Waals surface area contributed by atoms with E-state index in [0.29, 0.717) is 0 Å². The van der Waals surface area contributed by atoms with Crippen LogP contribution in [0.1, 0.15) is 0 Å². The van der Waals surface area contributed by atoms with Gasteiger partial charge in [0.25, 0.3) is 5.84 Å². The summed E-state index contributed by atoms with van der Waals surface area (Å²) in [6, 6.07) is 0. The molecule has 0 unspecified atom stereocenters. The van der Waals surface area contributed by atoms with Gasteiger partial charge in [-0.3, -0.25) is 9.48 Å². The Bertz CT molecular complexity index is 126. The van der Waals surface area contributed by atoms with E-state index in [9.17, 15) is 0 Å². The van der Waals surface area contributed by atoms with Crippen LogP contribution < -0.4 is 0 Å². The number of hydrogen-bond acceptors (Lipinski definition) is 1. The Morgan fingerprint density at radius 1 is 1.40 bits per heavy atom. The minimum Gasteiger partial charge on any atom is -0.270 e. The standard InChI is InChI=1S/C7H17N2S/c1-8(2)7(6-10-5)9(3)4/h6H2,1-5H3/q+1. The molecule has 0 aromatic rings. The molecule has 0 N–H and O–H groups in total. The van der Waals surface area contributed by atoms with Crippen LogP contribution >= 0.6 is 11.8 Å². The maximum Gasteiger partial charge on any atom is 0.256 e. The van der Waals surface area contributed by atoms with Crippen LogP contribution in [-0.4, -0.2) is 55.5 Å². The highest BCUT2D eigenvalue weighted by atomic mass is 32.2. The van der Waals surface area contributed by atoms with Crippen molar-refractivity contribution in [2.24, 2.45) is 0 Å². The molecule has 0 atom stereocenters. The van der Waals surface area contributed by atoms with Crippen LogP contribution in [0.3, 0.4) is 0 Å². The first-order valence-corrected chi connectivity index (χ1v) is 4.68. The number of nitrogens with zero attached hydrogens (tertiary/aromatic N) is 2. The number of amidine groups is 1. The molecule has 0 aliphatic carbocycles. The number of rotatable bonds is 2. The predicted octanol–water partition coefficient (Wildman–Crippen LogP) is 0.582. The molecule has 60 valence electrons. The highest BCUT2D eigenvalue weighted by Gasteiger charge is 2.08. The van der Waals surface area contributed by atoms with Crippen molar-refractivity contribution >= 4 is 17.6 Å². The van der Waals surface area contributed by atoms with Gasteiger partial charge in [-0.2, -0.15) is 11.8 Å². The first kappa shape index (κ1) is 9.82. The van der Waals surface area contributed by atoms with E-state index < -0.39 is 0 Å². The lowest BCUT2D eigenvalue weighted by molar-refractivity contribution is -0.469. The topological polar surface area (TPSA) is 6.25 Å². The molecule has 0 rings (SSSR count). The molecule has 0 radical (unpaired) electrons. The van der Waals surface area contributed by atoms with Crippen LogP contribution in [0, 0.1) is 0 Å². The molecule has 2 nitrogen and oxygen atoms in total. The summed E-state index contributed by atoms with van der Waals surface area (Å²) in [6.07, 6.45) is 2.12. The highest BCUT2D eigenvalue weighted by Crippen LogP contribution is 1.94. The van der Waals surface area contributed by atoms with Crippen molar-refractivity contribution in [2.45, 2.75) is 0 Å². The van der Waals surface area contributed by atoms with Crippen LogP contribution in [0.25, 0.3) is 0 Å². The summed E-state index contributed by atoms with van der Waals surface area (Å²) in [5.41, 5.74) is 0. The molecule has 0 aromatic carbocycles. The van der Waals surface area contributed by atoms with Gasteiger partial charge in [-0.05, 0) is 6.26 Å². The minimum atomic E-state index is 1.08. The molecule has 10 heavy (non-hydrogen) atoms. The summed E-state index contributed by atoms with van der Waals surface area (Å²) < 4.78 is 2.15. The third-order valence-corrected chi connectivity index (χ3v) is 1.85. The lowest BCUT2D eigenvalue weighted by Gasteiger charge is -2.09. The van der Waals surface area contributed by atoms with Gasteiger partial charge in [-0.15, -0.1) is 0 Å². The second kappa shape index (κ2) is 4.61. The SMILES string of the molecule is CSCC(N(C)C)=[N+](C)C. The summed E-state index contributed by atoms with van der Waals surface area (Å²) in [5, 5.41) is 0. The molecule has 0 saturated carbocycles. The molecule has 0 aromatic heterocycles. The Kier molecular flexibility index (Phi) is 4.52. The first-order valence-electron chi connectivity index (χ1n) is 3.29. The maximum absolute atomic E-state index is 2.15. The molecule has 3 heteroatoms. The van der Waals surface area contributed by atoms with Gasteiger partial charge in [0.1, 0.15) is 0 Å². The molecular formula is C7H17N2S+. The number of thioether (sulfide) groups is 1. The minimum absolute atomic E-state index is 1.08. The Balaban J connectivity index is 4.13. The fraction of sp³-hybridized carbons (Fsp3) is 0.857. The Hall–Kier alpha value is -0.180. The monoisotopic (exact) mass is 161 g/mol. The van der Waals surface area contributed by atoms with Crippen molar-refractivity contribution in [3.63, 3.8) is 0 Å². The van der Waals surface area contributed by atoms with E-state index in [4.69, 9.17) is 0 Å². The van der Waals surface area contributed by atoms with Crippen LogP contribution in [0.2, 0.25) is 0 Å². The van der Waals surface area contributed by atoms with Crippen molar-refractivity contribution in [3.8, 4) is 0 Å². The predicted molar refractivity (Wildman–Crippen MR) is 49.2 cm³/mol. The molecule has 0 saturated heterocycles. The van der Waals surface area contributed by atoms with Crippen molar-refractivity contribution in [2.75, 3.05) is 40.2 Å².